The van der Waals surface area contributed by atoms with Gasteiger partial charge in [-0.05, 0) is 33.1 Å². The first-order valence-corrected chi connectivity index (χ1v) is 9.15. The van der Waals surface area contributed by atoms with Crippen LogP contribution in [0, 0.1) is 5.41 Å². The molecular formula is C25H26. The SMILES string of the molecule is CC1(C)c2ccccc2C(c2ccccc2)(c2ccccc2)C1(C)C. The van der Waals surface area contributed by atoms with Gasteiger partial charge >= 0.3 is 0 Å². The van der Waals surface area contributed by atoms with Crippen LogP contribution < -0.4 is 0 Å². The highest BCUT2D eigenvalue weighted by Gasteiger charge is 2.62. The van der Waals surface area contributed by atoms with E-state index in [4.69, 9.17) is 0 Å². The zero-order chi connectivity index (χ0) is 17.7. The Balaban J connectivity index is 2.19. The van der Waals surface area contributed by atoms with Gasteiger partial charge in [0, 0.05) is 0 Å². The Labute approximate surface area is 151 Å². The molecular weight excluding hydrogens is 300 g/mol. The molecule has 0 saturated carbocycles. The zero-order valence-corrected chi connectivity index (χ0v) is 15.6. The molecule has 0 fully saturated rings. The van der Waals surface area contributed by atoms with E-state index in [1.807, 2.05) is 0 Å². The first-order chi connectivity index (χ1) is 11.9. The lowest BCUT2D eigenvalue weighted by Crippen LogP contribution is -2.47. The molecule has 0 bridgehead atoms. The minimum Gasteiger partial charge on any atom is -0.0622 e. The molecule has 0 saturated heterocycles. The van der Waals surface area contributed by atoms with Gasteiger partial charge in [0.2, 0.25) is 0 Å². The van der Waals surface area contributed by atoms with Gasteiger partial charge in [-0.15, -0.1) is 0 Å². The zero-order valence-electron chi connectivity index (χ0n) is 15.6. The van der Waals surface area contributed by atoms with Crippen molar-refractivity contribution in [3.05, 3.63) is 107 Å². The lowest BCUT2D eigenvalue weighted by Gasteiger charge is -2.49. The van der Waals surface area contributed by atoms with Crippen molar-refractivity contribution in [3.63, 3.8) is 0 Å². The molecule has 126 valence electrons. The third kappa shape index (κ3) is 1.88. The van der Waals surface area contributed by atoms with E-state index in [-0.39, 0.29) is 16.2 Å². The summed E-state index contributed by atoms with van der Waals surface area (Å²) in [6.45, 7) is 9.68. The number of rotatable bonds is 2. The Morgan fingerprint density at radius 2 is 0.880 bits per heavy atom. The van der Waals surface area contributed by atoms with Crippen molar-refractivity contribution in [2.24, 2.45) is 5.41 Å². The van der Waals surface area contributed by atoms with Crippen LogP contribution in [-0.2, 0) is 10.8 Å². The predicted octanol–water partition coefficient (Wildman–Crippen LogP) is 6.34. The fourth-order valence-electron chi connectivity index (χ4n) is 5.07. The number of hydrogen-bond acceptors (Lipinski definition) is 0. The van der Waals surface area contributed by atoms with Crippen molar-refractivity contribution in [2.75, 3.05) is 0 Å². The fraction of sp³-hybridized carbons (Fsp3) is 0.280. The van der Waals surface area contributed by atoms with Crippen molar-refractivity contribution in [1.82, 2.24) is 0 Å². The molecule has 1 aliphatic rings. The third-order valence-electron chi connectivity index (χ3n) is 6.92. The molecule has 0 amide bonds. The highest BCUT2D eigenvalue weighted by atomic mass is 14.6. The maximum absolute atomic E-state index is 2.44. The van der Waals surface area contributed by atoms with Gasteiger partial charge in [0.1, 0.15) is 0 Å². The standard InChI is InChI=1S/C25H26/c1-23(2)21-17-11-12-18-22(21)25(24(23,3)4,19-13-7-5-8-14-19)20-15-9-6-10-16-20/h5-18H,1-4H3. The van der Waals surface area contributed by atoms with E-state index >= 15 is 0 Å². The van der Waals surface area contributed by atoms with Crippen molar-refractivity contribution < 1.29 is 0 Å². The Morgan fingerprint density at radius 3 is 1.36 bits per heavy atom. The first kappa shape index (κ1) is 16.1. The Hall–Kier alpha value is -2.34. The molecule has 0 heterocycles. The average Bonchev–Trinajstić information content (AvgIpc) is 2.78. The molecule has 0 aromatic heterocycles. The summed E-state index contributed by atoms with van der Waals surface area (Å²) in [7, 11) is 0. The molecule has 3 aromatic rings. The molecule has 3 aromatic carbocycles. The van der Waals surface area contributed by atoms with E-state index in [1.54, 1.807) is 0 Å². The van der Waals surface area contributed by atoms with E-state index < -0.39 is 0 Å². The van der Waals surface area contributed by atoms with E-state index in [9.17, 15) is 0 Å². The van der Waals surface area contributed by atoms with Crippen LogP contribution in [0.25, 0.3) is 0 Å². The molecule has 0 nitrogen and oxygen atoms in total. The summed E-state index contributed by atoms with van der Waals surface area (Å²) in [5.41, 5.74) is 5.60. The van der Waals surface area contributed by atoms with Crippen molar-refractivity contribution in [3.8, 4) is 0 Å². The topological polar surface area (TPSA) is 0 Å². The Bertz CT molecular complexity index is 846. The van der Waals surface area contributed by atoms with Crippen LogP contribution in [-0.4, -0.2) is 0 Å². The molecule has 0 spiro atoms. The lowest BCUT2D eigenvalue weighted by molar-refractivity contribution is 0.153. The molecule has 0 aliphatic heterocycles. The molecule has 0 atom stereocenters. The van der Waals surface area contributed by atoms with E-state index in [1.165, 1.54) is 22.3 Å². The Kier molecular flexibility index (Phi) is 3.44. The van der Waals surface area contributed by atoms with Gasteiger partial charge in [-0.1, -0.05) is 113 Å². The highest BCUT2D eigenvalue weighted by molar-refractivity contribution is 5.62. The summed E-state index contributed by atoms with van der Waals surface area (Å²) in [5, 5.41) is 0. The van der Waals surface area contributed by atoms with Crippen LogP contribution in [0.1, 0.15) is 49.9 Å². The second-order valence-electron chi connectivity index (χ2n) is 8.28. The summed E-state index contributed by atoms with van der Waals surface area (Å²) in [4.78, 5) is 0. The van der Waals surface area contributed by atoms with Crippen LogP contribution in [0.3, 0.4) is 0 Å². The number of benzene rings is 3. The maximum Gasteiger partial charge on any atom is 0.0513 e. The highest BCUT2D eigenvalue weighted by Crippen LogP contribution is 2.66. The van der Waals surface area contributed by atoms with Crippen molar-refractivity contribution in [1.29, 1.82) is 0 Å². The monoisotopic (exact) mass is 326 g/mol. The molecule has 0 N–H and O–H groups in total. The van der Waals surface area contributed by atoms with Crippen LogP contribution in [0.5, 0.6) is 0 Å². The molecule has 1 aliphatic carbocycles. The summed E-state index contributed by atoms with van der Waals surface area (Å²) in [6, 6.07) is 31.1. The van der Waals surface area contributed by atoms with Gasteiger partial charge in [0.15, 0.2) is 0 Å². The van der Waals surface area contributed by atoms with Crippen molar-refractivity contribution in [2.45, 2.75) is 38.5 Å². The molecule has 4 rings (SSSR count). The smallest absolute Gasteiger partial charge is 0.0513 e. The Morgan fingerprint density at radius 1 is 0.480 bits per heavy atom. The van der Waals surface area contributed by atoms with Crippen LogP contribution in [0.4, 0.5) is 0 Å². The molecule has 0 unspecified atom stereocenters. The molecule has 0 heteroatoms. The predicted molar refractivity (Wildman–Crippen MR) is 106 cm³/mol. The number of hydrogen-bond donors (Lipinski definition) is 0. The average molecular weight is 326 g/mol. The van der Waals surface area contributed by atoms with Crippen LogP contribution in [0.15, 0.2) is 84.9 Å². The van der Waals surface area contributed by atoms with Gasteiger partial charge < -0.3 is 0 Å². The maximum atomic E-state index is 2.44. The van der Waals surface area contributed by atoms with Gasteiger partial charge in [-0.25, -0.2) is 0 Å². The minimum atomic E-state index is -0.157. The van der Waals surface area contributed by atoms with E-state index in [0.29, 0.717) is 0 Å². The van der Waals surface area contributed by atoms with E-state index in [2.05, 4.69) is 113 Å². The summed E-state index contributed by atoms with van der Waals surface area (Å²) < 4.78 is 0. The van der Waals surface area contributed by atoms with E-state index in [0.717, 1.165) is 0 Å². The van der Waals surface area contributed by atoms with Crippen LogP contribution in [0.2, 0.25) is 0 Å². The largest absolute Gasteiger partial charge is 0.0622 e. The normalized spacial score (nSPS) is 19.4. The lowest BCUT2D eigenvalue weighted by atomic mass is 9.53. The molecule has 0 radical (unpaired) electrons. The minimum absolute atomic E-state index is 0.0202. The third-order valence-corrected chi connectivity index (χ3v) is 6.92. The van der Waals surface area contributed by atoms with Gasteiger partial charge in [-0.2, -0.15) is 0 Å². The summed E-state index contributed by atoms with van der Waals surface area (Å²) >= 11 is 0. The molecule has 25 heavy (non-hydrogen) atoms. The summed E-state index contributed by atoms with van der Waals surface area (Å²) in [5.74, 6) is 0. The van der Waals surface area contributed by atoms with Crippen LogP contribution >= 0.6 is 0 Å². The number of fused-ring (bicyclic) bond motifs is 1. The van der Waals surface area contributed by atoms with Gasteiger partial charge in [0.05, 0.1) is 5.41 Å². The fourth-order valence-corrected chi connectivity index (χ4v) is 5.07. The quantitative estimate of drug-likeness (QED) is 0.515. The first-order valence-electron chi connectivity index (χ1n) is 9.15. The van der Waals surface area contributed by atoms with Gasteiger partial charge in [0.25, 0.3) is 0 Å². The van der Waals surface area contributed by atoms with Gasteiger partial charge in [-0.3, -0.25) is 0 Å². The second-order valence-corrected chi connectivity index (χ2v) is 8.28. The van der Waals surface area contributed by atoms with Crippen molar-refractivity contribution >= 4 is 0 Å². The second kappa shape index (κ2) is 5.33. The summed E-state index contributed by atoms with van der Waals surface area (Å²) in [6.07, 6.45) is 0.